The molecule has 1 amide bonds. The Morgan fingerprint density at radius 1 is 1.41 bits per heavy atom. The van der Waals surface area contributed by atoms with Crippen molar-refractivity contribution in [2.45, 2.75) is 32.7 Å². The van der Waals surface area contributed by atoms with E-state index in [9.17, 15) is 9.59 Å². The van der Waals surface area contributed by atoms with E-state index < -0.39 is 0 Å². The van der Waals surface area contributed by atoms with Gasteiger partial charge in [0.15, 0.2) is 0 Å². The number of hydrogen-bond acceptors (Lipinski definition) is 3. The summed E-state index contributed by atoms with van der Waals surface area (Å²) in [5.74, 6) is 0.877. The molecule has 22 heavy (non-hydrogen) atoms. The highest BCUT2D eigenvalue weighted by molar-refractivity contribution is 5.89. The standard InChI is InChI=1S/C17H19N3O2/c1-11-15(21)20(14-6-3-2-5-13(14)19-11)8-4-7-18-16(22)17-9-12(17)10-17/h2-3,5-6,12H,4,7-10H2,1H3,(H,18,22). The van der Waals surface area contributed by atoms with E-state index in [1.54, 1.807) is 11.5 Å². The number of rotatable bonds is 5. The Morgan fingerprint density at radius 2 is 2.14 bits per heavy atom. The number of para-hydroxylation sites is 2. The fourth-order valence-corrected chi connectivity index (χ4v) is 3.23. The fourth-order valence-electron chi connectivity index (χ4n) is 3.23. The molecule has 114 valence electrons. The molecule has 5 nitrogen and oxygen atoms in total. The predicted molar refractivity (Wildman–Crippen MR) is 83.5 cm³/mol. The highest BCUT2D eigenvalue weighted by Crippen LogP contribution is 2.75. The fraction of sp³-hybridized carbons (Fsp3) is 0.471. The lowest BCUT2D eigenvalue weighted by molar-refractivity contribution is -0.124. The Kier molecular flexibility index (Phi) is 2.86. The minimum Gasteiger partial charge on any atom is -0.356 e. The molecule has 0 bridgehead atoms. The van der Waals surface area contributed by atoms with Gasteiger partial charge in [-0.25, -0.2) is 4.98 Å². The molecule has 1 N–H and O–H groups in total. The van der Waals surface area contributed by atoms with Crippen LogP contribution in [0.4, 0.5) is 0 Å². The van der Waals surface area contributed by atoms with Gasteiger partial charge in [-0.05, 0) is 44.2 Å². The summed E-state index contributed by atoms with van der Waals surface area (Å²) < 4.78 is 1.76. The van der Waals surface area contributed by atoms with E-state index in [2.05, 4.69) is 10.3 Å². The van der Waals surface area contributed by atoms with Gasteiger partial charge in [0.25, 0.3) is 5.56 Å². The smallest absolute Gasteiger partial charge is 0.272 e. The van der Waals surface area contributed by atoms with E-state index in [1.807, 2.05) is 24.3 Å². The number of aryl methyl sites for hydroxylation is 2. The van der Waals surface area contributed by atoms with Crippen molar-refractivity contribution in [1.29, 1.82) is 0 Å². The first-order chi connectivity index (χ1) is 10.6. The van der Waals surface area contributed by atoms with Crippen LogP contribution >= 0.6 is 0 Å². The first kappa shape index (κ1) is 13.5. The Labute approximate surface area is 128 Å². The van der Waals surface area contributed by atoms with Crippen molar-refractivity contribution in [3.05, 3.63) is 40.3 Å². The van der Waals surface area contributed by atoms with Crippen molar-refractivity contribution < 1.29 is 4.79 Å². The molecule has 0 atom stereocenters. The lowest BCUT2D eigenvalue weighted by Crippen LogP contribution is -2.31. The number of amides is 1. The number of carbonyl (C=O) groups is 1. The zero-order chi connectivity index (χ0) is 15.3. The van der Waals surface area contributed by atoms with Gasteiger partial charge in [0.2, 0.25) is 5.91 Å². The maximum Gasteiger partial charge on any atom is 0.272 e. The normalized spacial score (nSPS) is 24.9. The second-order valence-corrected chi connectivity index (χ2v) is 6.51. The molecule has 1 aromatic carbocycles. The van der Waals surface area contributed by atoms with Gasteiger partial charge >= 0.3 is 0 Å². The maximum absolute atomic E-state index is 12.3. The van der Waals surface area contributed by atoms with Crippen LogP contribution in [0.3, 0.4) is 0 Å². The molecule has 0 radical (unpaired) electrons. The molecular weight excluding hydrogens is 278 g/mol. The van der Waals surface area contributed by atoms with Gasteiger partial charge in [-0.3, -0.25) is 9.59 Å². The summed E-state index contributed by atoms with van der Waals surface area (Å²) in [4.78, 5) is 28.6. The van der Waals surface area contributed by atoms with Gasteiger partial charge in [0, 0.05) is 13.1 Å². The van der Waals surface area contributed by atoms with E-state index in [4.69, 9.17) is 0 Å². The molecule has 2 aliphatic rings. The first-order valence-electron chi connectivity index (χ1n) is 7.86. The molecule has 2 aliphatic carbocycles. The highest BCUT2D eigenvalue weighted by Gasteiger charge is 2.74. The number of fused-ring (bicyclic) bond motifs is 2. The molecule has 0 aliphatic heterocycles. The molecule has 2 fully saturated rings. The number of benzene rings is 1. The van der Waals surface area contributed by atoms with Gasteiger partial charge in [-0.1, -0.05) is 12.1 Å². The van der Waals surface area contributed by atoms with Crippen LogP contribution in [0.5, 0.6) is 0 Å². The predicted octanol–water partition coefficient (Wildman–Crippen LogP) is 1.62. The second kappa shape index (κ2) is 4.66. The molecule has 1 heterocycles. The highest BCUT2D eigenvalue weighted by atomic mass is 16.2. The number of nitrogens with zero attached hydrogens (tertiary/aromatic N) is 2. The van der Waals surface area contributed by atoms with E-state index in [0.29, 0.717) is 24.7 Å². The molecule has 2 saturated carbocycles. The van der Waals surface area contributed by atoms with Crippen molar-refractivity contribution in [2.75, 3.05) is 6.54 Å². The monoisotopic (exact) mass is 297 g/mol. The molecule has 1 aromatic heterocycles. The molecule has 4 rings (SSSR count). The summed E-state index contributed by atoms with van der Waals surface area (Å²) in [6.45, 7) is 2.96. The summed E-state index contributed by atoms with van der Waals surface area (Å²) >= 11 is 0. The molecule has 0 unspecified atom stereocenters. The van der Waals surface area contributed by atoms with Gasteiger partial charge in [-0.15, -0.1) is 0 Å². The molecule has 5 heteroatoms. The Morgan fingerprint density at radius 3 is 2.86 bits per heavy atom. The van der Waals surface area contributed by atoms with Gasteiger partial charge in [0.1, 0.15) is 5.69 Å². The van der Waals surface area contributed by atoms with Gasteiger partial charge in [-0.2, -0.15) is 0 Å². The summed E-state index contributed by atoms with van der Waals surface area (Å²) in [6.07, 6.45) is 2.90. The minimum absolute atomic E-state index is 0.0246. The lowest BCUT2D eigenvalue weighted by atomic mass is 10.2. The van der Waals surface area contributed by atoms with E-state index >= 15 is 0 Å². The quantitative estimate of drug-likeness (QED) is 0.853. The van der Waals surface area contributed by atoms with Crippen LogP contribution < -0.4 is 10.9 Å². The zero-order valence-electron chi connectivity index (χ0n) is 12.6. The third kappa shape index (κ3) is 2.03. The Balaban J connectivity index is 1.45. The molecule has 0 saturated heterocycles. The van der Waals surface area contributed by atoms with E-state index in [-0.39, 0.29) is 16.9 Å². The SMILES string of the molecule is Cc1nc2ccccc2n(CCCNC(=O)C23CC2C3)c1=O. The lowest BCUT2D eigenvalue weighted by Gasteiger charge is -2.12. The van der Waals surface area contributed by atoms with Crippen molar-refractivity contribution in [3.8, 4) is 0 Å². The van der Waals surface area contributed by atoms with Crippen molar-refractivity contribution >= 4 is 16.9 Å². The summed E-state index contributed by atoms with van der Waals surface area (Å²) in [6, 6.07) is 7.67. The average molecular weight is 297 g/mol. The largest absolute Gasteiger partial charge is 0.356 e. The van der Waals surface area contributed by atoms with Crippen LogP contribution in [0.2, 0.25) is 0 Å². The maximum atomic E-state index is 12.3. The summed E-state index contributed by atoms with van der Waals surface area (Å²) in [5, 5.41) is 3.01. The minimum atomic E-state index is -0.0481. The van der Waals surface area contributed by atoms with Crippen molar-refractivity contribution in [1.82, 2.24) is 14.9 Å². The van der Waals surface area contributed by atoms with Gasteiger partial charge in [0.05, 0.1) is 16.4 Å². The van der Waals surface area contributed by atoms with Crippen LogP contribution in [0, 0.1) is 18.3 Å². The Hall–Kier alpha value is -2.17. The first-order valence-corrected chi connectivity index (χ1v) is 7.86. The molecular formula is C17H19N3O2. The third-order valence-electron chi connectivity index (χ3n) is 4.99. The Bertz CT molecular complexity index is 818. The third-order valence-corrected chi connectivity index (χ3v) is 4.99. The van der Waals surface area contributed by atoms with Crippen molar-refractivity contribution in [3.63, 3.8) is 0 Å². The van der Waals surface area contributed by atoms with Crippen LogP contribution in [0.15, 0.2) is 29.1 Å². The van der Waals surface area contributed by atoms with Crippen LogP contribution in [0.25, 0.3) is 11.0 Å². The summed E-state index contributed by atoms with van der Waals surface area (Å²) in [5.41, 5.74) is 2.18. The van der Waals surface area contributed by atoms with E-state index in [1.165, 1.54) is 0 Å². The van der Waals surface area contributed by atoms with E-state index in [0.717, 1.165) is 30.3 Å². The average Bonchev–Trinajstić information content (AvgIpc) is 3.36. The van der Waals surface area contributed by atoms with Crippen molar-refractivity contribution in [2.24, 2.45) is 11.3 Å². The van der Waals surface area contributed by atoms with Gasteiger partial charge < -0.3 is 9.88 Å². The zero-order valence-corrected chi connectivity index (χ0v) is 12.6. The molecule has 0 spiro atoms. The second-order valence-electron chi connectivity index (χ2n) is 6.51. The van der Waals surface area contributed by atoms with Crippen LogP contribution in [0.1, 0.15) is 25.0 Å². The number of hydrogen-bond donors (Lipinski definition) is 1. The summed E-state index contributed by atoms with van der Waals surface area (Å²) in [7, 11) is 0. The number of aromatic nitrogens is 2. The van der Waals surface area contributed by atoms with Crippen LogP contribution in [-0.2, 0) is 11.3 Å². The number of nitrogens with one attached hydrogen (secondary N) is 1. The van der Waals surface area contributed by atoms with Crippen LogP contribution in [-0.4, -0.2) is 22.0 Å². The molecule has 2 aromatic rings. The number of carbonyl (C=O) groups excluding carboxylic acids is 1. The topological polar surface area (TPSA) is 64.0 Å².